The molecular formula is C22H22N4O6. The molecule has 0 aliphatic rings. The van der Waals surface area contributed by atoms with Crippen LogP contribution in [0.2, 0.25) is 0 Å². The molecule has 166 valence electrons. The third kappa shape index (κ3) is 4.75. The van der Waals surface area contributed by atoms with Crippen molar-refractivity contribution < 1.29 is 19.2 Å². The molecular weight excluding hydrogens is 416 g/mol. The molecule has 0 atom stereocenters. The van der Waals surface area contributed by atoms with Gasteiger partial charge in [-0.05, 0) is 37.1 Å². The van der Waals surface area contributed by atoms with Crippen molar-refractivity contribution in [1.82, 2.24) is 15.1 Å². The highest BCUT2D eigenvalue weighted by Crippen LogP contribution is 2.27. The van der Waals surface area contributed by atoms with Gasteiger partial charge in [0.1, 0.15) is 5.69 Å². The minimum atomic E-state index is -0.664. The smallest absolute Gasteiger partial charge is 0.294 e. The van der Waals surface area contributed by atoms with Crippen LogP contribution in [0.4, 0.5) is 5.69 Å². The van der Waals surface area contributed by atoms with Crippen molar-refractivity contribution in [3.8, 4) is 17.2 Å². The summed E-state index contributed by atoms with van der Waals surface area (Å²) >= 11 is 0. The Hall–Kier alpha value is -4.21. The minimum Gasteiger partial charge on any atom is -0.493 e. The fraction of sp³-hybridized carbons (Fsp3) is 0.227. The quantitative estimate of drug-likeness (QED) is 0.423. The Morgan fingerprint density at radius 1 is 1.12 bits per heavy atom. The van der Waals surface area contributed by atoms with E-state index in [1.165, 1.54) is 36.1 Å². The van der Waals surface area contributed by atoms with Crippen molar-refractivity contribution in [3.05, 3.63) is 85.8 Å². The molecule has 1 N–H and O–H groups in total. The molecule has 0 fully saturated rings. The molecule has 0 bridgehead atoms. The monoisotopic (exact) mass is 438 g/mol. The van der Waals surface area contributed by atoms with E-state index in [0.717, 1.165) is 5.56 Å². The average molecular weight is 438 g/mol. The van der Waals surface area contributed by atoms with Crippen molar-refractivity contribution in [2.75, 3.05) is 20.8 Å². The number of benzene rings is 2. The van der Waals surface area contributed by atoms with Crippen LogP contribution < -0.4 is 20.2 Å². The van der Waals surface area contributed by atoms with Gasteiger partial charge in [-0.1, -0.05) is 18.2 Å². The Morgan fingerprint density at radius 2 is 1.84 bits per heavy atom. The Bertz CT molecular complexity index is 1220. The van der Waals surface area contributed by atoms with E-state index in [0.29, 0.717) is 23.6 Å². The molecule has 10 nitrogen and oxygen atoms in total. The fourth-order valence-electron chi connectivity index (χ4n) is 3.19. The Balaban J connectivity index is 1.80. The summed E-state index contributed by atoms with van der Waals surface area (Å²) in [6, 6.07) is 12.6. The largest absolute Gasteiger partial charge is 0.493 e. The highest BCUT2D eigenvalue weighted by Gasteiger charge is 2.20. The van der Waals surface area contributed by atoms with E-state index < -0.39 is 16.3 Å². The summed E-state index contributed by atoms with van der Waals surface area (Å²) in [4.78, 5) is 35.8. The van der Waals surface area contributed by atoms with E-state index in [2.05, 4.69) is 10.4 Å². The van der Waals surface area contributed by atoms with Gasteiger partial charge in [-0.25, -0.2) is 4.68 Å². The van der Waals surface area contributed by atoms with Crippen molar-refractivity contribution >= 4 is 11.6 Å². The van der Waals surface area contributed by atoms with Crippen molar-refractivity contribution in [2.24, 2.45) is 0 Å². The van der Waals surface area contributed by atoms with Gasteiger partial charge in [0, 0.05) is 24.4 Å². The van der Waals surface area contributed by atoms with E-state index in [9.17, 15) is 19.7 Å². The number of ether oxygens (including phenoxy) is 2. The summed E-state index contributed by atoms with van der Waals surface area (Å²) in [5, 5.41) is 18.1. The number of nitro benzene ring substituents is 1. The number of amides is 1. The number of nitrogens with one attached hydrogen (secondary N) is 1. The maximum atomic E-state index is 12.6. The van der Waals surface area contributed by atoms with Crippen LogP contribution in [0.25, 0.3) is 5.69 Å². The highest BCUT2D eigenvalue weighted by molar-refractivity contribution is 5.92. The van der Waals surface area contributed by atoms with Gasteiger partial charge in [0.15, 0.2) is 17.2 Å². The topological polar surface area (TPSA) is 126 Å². The molecule has 0 saturated heterocycles. The van der Waals surface area contributed by atoms with Crippen LogP contribution in [0.1, 0.15) is 21.7 Å². The molecule has 0 aliphatic heterocycles. The number of aromatic nitrogens is 2. The number of rotatable bonds is 8. The molecule has 0 unspecified atom stereocenters. The summed E-state index contributed by atoms with van der Waals surface area (Å²) in [6.45, 7) is 1.83. The van der Waals surface area contributed by atoms with Crippen LogP contribution in [0.5, 0.6) is 11.5 Å². The third-order valence-corrected chi connectivity index (χ3v) is 4.78. The van der Waals surface area contributed by atoms with E-state index in [-0.39, 0.29) is 23.6 Å². The van der Waals surface area contributed by atoms with Crippen LogP contribution in [0.3, 0.4) is 0 Å². The summed E-state index contributed by atoms with van der Waals surface area (Å²) < 4.78 is 11.7. The number of para-hydroxylation sites is 2. The lowest BCUT2D eigenvalue weighted by Crippen LogP contribution is -2.33. The second-order valence-electron chi connectivity index (χ2n) is 6.85. The van der Waals surface area contributed by atoms with E-state index >= 15 is 0 Å². The lowest BCUT2D eigenvalue weighted by atomic mass is 10.1. The number of hydrogen-bond donors (Lipinski definition) is 1. The first kappa shape index (κ1) is 22.5. The Morgan fingerprint density at radius 3 is 2.53 bits per heavy atom. The van der Waals surface area contributed by atoms with E-state index in [4.69, 9.17) is 9.47 Å². The first-order valence-corrected chi connectivity index (χ1v) is 9.69. The molecule has 3 aromatic rings. The standard InChI is InChI=1S/C22H22N4O6/c1-14-12-18(27)21(24-25(14)16-6-4-5-7-17(16)26(29)30)22(28)23-11-10-15-8-9-19(31-2)20(13-15)32-3/h4-9,12-13H,10-11H2,1-3H3,(H,23,28). The molecule has 0 saturated carbocycles. The van der Waals surface area contributed by atoms with Crippen molar-refractivity contribution in [3.63, 3.8) is 0 Å². The maximum Gasteiger partial charge on any atom is 0.294 e. The van der Waals surface area contributed by atoms with Gasteiger partial charge in [0.2, 0.25) is 5.43 Å². The summed E-state index contributed by atoms with van der Waals surface area (Å²) in [5.41, 5.74) is 0.325. The number of carbonyl (C=O) groups excluding carboxylic acids is 1. The van der Waals surface area contributed by atoms with Gasteiger partial charge >= 0.3 is 0 Å². The lowest BCUT2D eigenvalue weighted by Gasteiger charge is -2.12. The zero-order chi connectivity index (χ0) is 23.3. The molecule has 10 heteroatoms. The van der Waals surface area contributed by atoms with Gasteiger partial charge < -0.3 is 14.8 Å². The second-order valence-corrected chi connectivity index (χ2v) is 6.85. The SMILES string of the molecule is COc1ccc(CCNC(=O)c2nn(-c3ccccc3[N+](=O)[O-])c(C)cc2=O)cc1OC. The summed E-state index contributed by atoms with van der Waals surface area (Å²) in [6.07, 6.45) is 0.482. The molecule has 3 rings (SSSR count). The molecule has 0 aliphatic carbocycles. The normalized spacial score (nSPS) is 10.5. The number of methoxy groups -OCH3 is 2. The number of nitrogens with zero attached hydrogens (tertiary/aromatic N) is 3. The number of nitro groups is 1. The van der Waals surface area contributed by atoms with Gasteiger partial charge in [0.25, 0.3) is 11.6 Å². The zero-order valence-electron chi connectivity index (χ0n) is 17.8. The lowest BCUT2D eigenvalue weighted by molar-refractivity contribution is -0.384. The minimum absolute atomic E-state index is 0.161. The van der Waals surface area contributed by atoms with Gasteiger partial charge in [0.05, 0.1) is 19.1 Å². The Kier molecular flexibility index (Phi) is 6.83. The first-order valence-electron chi connectivity index (χ1n) is 9.69. The summed E-state index contributed by atoms with van der Waals surface area (Å²) in [5.74, 6) is 0.506. The first-order chi connectivity index (χ1) is 15.3. The van der Waals surface area contributed by atoms with Crippen LogP contribution in [0, 0.1) is 17.0 Å². The van der Waals surface area contributed by atoms with Crippen LogP contribution in [0.15, 0.2) is 53.3 Å². The number of hydrogen-bond acceptors (Lipinski definition) is 7. The van der Waals surface area contributed by atoms with Gasteiger partial charge in [-0.3, -0.25) is 19.7 Å². The predicted molar refractivity (Wildman–Crippen MR) is 117 cm³/mol. The average Bonchev–Trinajstić information content (AvgIpc) is 2.78. The van der Waals surface area contributed by atoms with Crippen molar-refractivity contribution in [1.29, 1.82) is 0 Å². The van der Waals surface area contributed by atoms with Crippen LogP contribution >= 0.6 is 0 Å². The maximum absolute atomic E-state index is 12.6. The number of carbonyl (C=O) groups is 1. The second kappa shape index (κ2) is 9.73. The molecule has 0 spiro atoms. The van der Waals surface area contributed by atoms with Crippen molar-refractivity contribution in [2.45, 2.75) is 13.3 Å². The van der Waals surface area contributed by atoms with Gasteiger partial charge in [-0.15, -0.1) is 0 Å². The van der Waals surface area contributed by atoms with Gasteiger partial charge in [-0.2, -0.15) is 5.10 Å². The molecule has 1 aromatic heterocycles. The fourth-order valence-corrected chi connectivity index (χ4v) is 3.19. The highest BCUT2D eigenvalue weighted by atomic mass is 16.6. The van der Waals surface area contributed by atoms with E-state index in [1.54, 1.807) is 32.2 Å². The molecule has 2 aromatic carbocycles. The molecule has 1 heterocycles. The third-order valence-electron chi connectivity index (χ3n) is 4.78. The predicted octanol–water partition coefficient (Wildman–Crippen LogP) is 2.44. The summed E-state index contributed by atoms with van der Waals surface area (Å²) in [7, 11) is 3.08. The molecule has 32 heavy (non-hydrogen) atoms. The van der Waals surface area contributed by atoms with Crippen LogP contribution in [-0.4, -0.2) is 41.4 Å². The van der Waals surface area contributed by atoms with Crippen LogP contribution in [-0.2, 0) is 6.42 Å². The molecule has 0 radical (unpaired) electrons. The number of aryl methyl sites for hydroxylation is 1. The van der Waals surface area contributed by atoms with E-state index in [1.807, 2.05) is 6.07 Å². The zero-order valence-corrected chi connectivity index (χ0v) is 17.8. The molecule has 1 amide bonds. The Labute approximate surface area is 183 Å².